The Bertz CT molecular complexity index is 569. The van der Waals surface area contributed by atoms with Gasteiger partial charge < -0.3 is 15.7 Å². The number of thiophene rings is 1. The molecule has 0 aliphatic rings. The van der Waals surface area contributed by atoms with Crippen molar-refractivity contribution in [1.82, 2.24) is 9.97 Å². The Morgan fingerprint density at radius 2 is 2.11 bits per heavy atom. The highest BCUT2D eigenvalue weighted by molar-refractivity contribution is 7.18. The first kappa shape index (κ1) is 14.0. The number of aryl methyl sites for hydroxylation is 1. The SMILES string of the molecule is CNc1nc(NC(C)C(C)CO)c2cc(C)sc2n1. The molecule has 0 fully saturated rings. The maximum atomic E-state index is 9.22. The molecule has 0 spiro atoms. The van der Waals surface area contributed by atoms with Crippen LogP contribution in [-0.2, 0) is 0 Å². The molecule has 0 bridgehead atoms. The van der Waals surface area contributed by atoms with E-state index in [1.165, 1.54) is 4.88 Å². The van der Waals surface area contributed by atoms with Crippen LogP contribution in [0.25, 0.3) is 10.2 Å². The fourth-order valence-corrected chi connectivity index (χ4v) is 2.66. The van der Waals surface area contributed by atoms with Crippen molar-refractivity contribution in [2.75, 3.05) is 24.3 Å². The number of anilines is 2. The van der Waals surface area contributed by atoms with Crippen LogP contribution in [0.15, 0.2) is 6.07 Å². The first-order chi connectivity index (χ1) is 9.05. The summed E-state index contributed by atoms with van der Waals surface area (Å²) in [7, 11) is 1.81. The Morgan fingerprint density at radius 1 is 1.37 bits per heavy atom. The summed E-state index contributed by atoms with van der Waals surface area (Å²) in [5.41, 5.74) is 0. The summed E-state index contributed by atoms with van der Waals surface area (Å²) in [6, 6.07) is 2.24. The largest absolute Gasteiger partial charge is 0.396 e. The summed E-state index contributed by atoms with van der Waals surface area (Å²) in [6.45, 7) is 6.28. The van der Waals surface area contributed by atoms with Crippen LogP contribution < -0.4 is 10.6 Å². The molecule has 2 heterocycles. The van der Waals surface area contributed by atoms with Gasteiger partial charge in [-0.25, -0.2) is 4.98 Å². The molecular weight excluding hydrogens is 260 g/mol. The number of aliphatic hydroxyl groups excluding tert-OH is 1. The molecule has 0 aromatic carbocycles. The zero-order chi connectivity index (χ0) is 14.0. The fourth-order valence-electron chi connectivity index (χ4n) is 1.78. The van der Waals surface area contributed by atoms with Gasteiger partial charge in [0.1, 0.15) is 10.6 Å². The van der Waals surface area contributed by atoms with Crippen LogP contribution in [0.3, 0.4) is 0 Å². The van der Waals surface area contributed by atoms with Gasteiger partial charge in [-0.2, -0.15) is 4.98 Å². The zero-order valence-electron chi connectivity index (χ0n) is 11.7. The molecule has 2 atom stereocenters. The van der Waals surface area contributed by atoms with Gasteiger partial charge in [0.05, 0.1) is 5.39 Å². The second-order valence-corrected chi connectivity index (χ2v) is 6.05. The van der Waals surface area contributed by atoms with Crippen LogP contribution in [0.4, 0.5) is 11.8 Å². The second kappa shape index (κ2) is 5.71. The van der Waals surface area contributed by atoms with Crippen LogP contribution in [-0.4, -0.2) is 34.8 Å². The monoisotopic (exact) mass is 280 g/mol. The highest BCUT2D eigenvalue weighted by Crippen LogP contribution is 2.30. The lowest BCUT2D eigenvalue weighted by atomic mass is 10.1. The van der Waals surface area contributed by atoms with E-state index in [4.69, 9.17) is 0 Å². The number of nitrogens with zero attached hydrogens (tertiary/aromatic N) is 2. The summed E-state index contributed by atoms with van der Waals surface area (Å²) in [5.74, 6) is 1.61. The molecule has 0 radical (unpaired) electrons. The van der Waals surface area contributed by atoms with Crippen molar-refractivity contribution in [1.29, 1.82) is 0 Å². The molecule has 104 valence electrons. The van der Waals surface area contributed by atoms with Crippen molar-refractivity contribution < 1.29 is 5.11 Å². The topological polar surface area (TPSA) is 70.1 Å². The number of aromatic nitrogens is 2. The molecule has 0 aliphatic heterocycles. The zero-order valence-corrected chi connectivity index (χ0v) is 12.5. The van der Waals surface area contributed by atoms with Crippen molar-refractivity contribution in [2.45, 2.75) is 26.8 Å². The first-order valence-electron chi connectivity index (χ1n) is 6.38. The minimum atomic E-state index is 0.146. The number of aliphatic hydroxyl groups is 1. The summed E-state index contributed by atoms with van der Waals surface area (Å²) < 4.78 is 0. The van der Waals surface area contributed by atoms with E-state index < -0.39 is 0 Å². The van der Waals surface area contributed by atoms with Crippen molar-refractivity contribution >= 4 is 33.3 Å². The highest BCUT2D eigenvalue weighted by Gasteiger charge is 2.15. The molecule has 19 heavy (non-hydrogen) atoms. The Kier molecular flexibility index (Phi) is 4.21. The van der Waals surface area contributed by atoms with Gasteiger partial charge in [0, 0.05) is 24.6 Å². The third-order valence-corrected chi connectivity index (χ3v) is 4.19. The van der Waals surface area contributed by atoms with E-state index in [1.807, 2.05) is 20.9 Å². The molecule has 6 heteroatoms. The van der Waals surface area contributed by atoms with Gasteiger partial charge in [-0.3, -0.25) is 0 Å². The van der Waals surface area contributed by atoms with Crippen LogP contribution in [0.1, 0.15) is 18.7 Å². The van der Waals surface area contributed by atoms with Gasteiger partial charge in [-0.1, -0.05) is 6.92 Å². The summed E-state index contributed by atoms with van der Waals surface area (Å²) in [5, 5.41) is 16.6. The molecule has 2 unspecified atom stereocenters. The average molecular weight is 280 g/mol. The Labute approximate surface area is 117 Å². The Balaban J connectivity index is 2.40. The minimum Gasteiger partial charge on any atom is -0.396 e. The third kappa shape index (κ3) is 2.96. The van der Waals surface area contributed by atoms with Gasteiger partial charge in [0.15, 0.2) is 0 Å². The summed E-state index contributed by atoms with van der Waals surface area (Å²) in [4.78, 5) is 11.1. The van der Waals surface area contributed by atoms with E-state index in [0.717, 1.165) is 16.0 Å². The number of nitrogens with one attached hydrogen (secondary N) is 2. The summed E-state index contributed by atoms with van der Waals surface area (Å²) in [6.07, 6.45) is 0. The normalized spacial score (nSPS) is 14.4. The first-order valence-corrected chi connectivity index (χ1v) is 7.20. The number of fused-ring (bicyclic) bond motifs is 1. The number of hydrogen-bond acceptors (Lipinski definition) is 6. The van der Waals surface area contributed by atoms with E-state index in [1.54, 1.807) is 11.3 Å². The molecule has 0 amide bonds. The van der Waals surface area contributed by atoms with Crippen LogP contribution in [0.2, 0.25) is 0 Å². The predicted octanol–water partition coefficient (Wildman–Crippen LogP) is 2.47. The van der Waals surface area contributed by atoms with Crippen molar-refractivity contribution in [2.24, 2.45) is 5.92 Å². The smallest absolute Gasteiger partial charge is 0.225 e. The van der Waals surface area contributed by atoms with Crippen molar-refractivity contribution in [3.63, 3.8) is 0 Å². The van der Waals surface area contributed by atoms with Crippen molar-refractivity contribution in [3.05, 3.63) is 10.9 Å². The maximum absolute atomic E-state index is 9.22. The number of hydrogen-bond donors (Lipinski definition) is 3. The minimum absolute atomic E-state index is 0.146. The third-order valence-electron chi connectivity index (χ3n) is 3.25. The van der Waals surface area contributed by atoms with Crippen LogP contribution in [0.5, 0.6) is 0 Å². The molecule has 2 rings (SSSR count). The molecule has 2 aromatic heterocycles. The molecular formula is C13H20N4OS. The van der Waals surface area contributed by atoms with Crippen molar-refractivity contribution in [3.8, 4) is 0 Å². The molecule has 2 aromatic rings. The van der Waals surface area contributed by atoms with E-state index in [-0.39, 0.29) is 18.6 Å². The predicted molar refractivity (Wildman–Crippen MR) is 81.0 cm³/mol. The van der Waals surface area contributed by atoms with Gasteiger partial charge in [0.2, 0.25) is 5.95 Å². The van der Waals surface area contributed by atoms with E-state index in [9.17, 15) is 5.11 Å². The fraction of sp³-hybridized carbons (Fsp3) is 0.538. The molecule has 0 aliphatic carbocycles. The summed E-state index contributed by atoms with van der Waals surface area (Å²) >= 11 is 1.66. The maximum Gasteiger partial charge on any atom is 0.225 e. The second-order valence-electron chi connectivity index (χ2n) is 4.81. The molecule has 5 nitrogen and oxygen atoms in total. The molecule has 3 N–H and O–H groups in total. The van der Waals surface area contributed by atoms with Crippen LogP contribution in [0, 0.1) is 12.8 Å². The lowest BCUT2D eigenvalue weighted by Crippen LogP contribution is -2.26. The van der Waals surface area contributed by atoms with E-state index >= 15 is 0 Å². The Hall–Kier alpha value is -1.40. The quantitative estimate of drug-likeness (QED) is 0.785. The molecule has 0 saturated carbocycles. The van der Waals surface area contributed by atoms with Crippen LogP contribution >= 0.6 is 11.3 Å². The average Bonchev–Trinajstić information content (AvgIpc) is 2.77. The lowest BCUT2D eigenvalue weighted by molar-refractivity contribution is 0.226. The number of rotatable bonds is 5. The lowest BCUT2D eigenvalue weighted by Gasteiger charge is -2.20. The standard InChI is InChI=1S/C13H20N4OS/c1-7(6-18)9(3)15-11-10-5-8(2)19-12(10)17-13(14-4)16-11/h5,7,9,18H,6H2,1-4H3,(H2,14,15,16,17). The highest BCUT2D eigenvalue weighted by atomic mass is 32.1. The van der Waals surface area contributed by atoms with E-state index in [0.29, 0.717) is 5.95 Å². The van der Waals surface area contributed by atoms with Gasteiger partial charge in [-0.05, 0) is 25.8 Å². The van der Waals surface area contributed by atoms with E-state index in [2.05, 4.69) is 33.6 Å². The molecule has 0 saturated heterocycles. The van der Waals surface area contributed by atoms with Gasteiger partial charge in [0.25, 0.3) is 0 Å². The van der Waals surface area contributed by atoms with Gasteiger partial charge in [-0.15, -0.1) is 11.3 Å². The van der Waals surface area contributed by atoms with Gasteiger partial charge >= 0.3 is 0 Å². The Morgan fingerprint density at radius 3 is 2.74 bits per heavy atom.